The summed E-state index contributed by atoms with van der Waals surface area (Å²) in [6.45, 7) is 1.73. The summed E-state index contributed by atoms with van der Waals surface area (Å²) in [7, 11) is 0. The van der Waals surface area contributed by atoms with Crippen LogP contribution in [0.2, 0.25) is 0 Å². The number of hydrogen-bond donors (Lipinski definition) is 2. The molecule has 23 heavy (non-hydrogen) atoms. The highest BCUT2D eigenvalue weighted by Gasteiger charge is 2.34. The number of hydrazine groups is 1. The number of amides is 2. The van der Waals surface area contributed by atoms with Crippen molar-refractivity contribution in [1.29, 1.82) is 0 Å². The van der Waals surface area contributed by atoms with Crippen molar-refractivity contribution in [3.05, 3.63) is 54.4 Å². The molecule has 0 unspecified atom stereocenters. The van der Waals surface area contributed by atoms with E-state index in [0.717, 1.165) is 0 Å². The van der Waals surface area contributed by atoms with Crippen molar-refractivity contribution in [2.75, 3.05) is 0 Å². The summed E-state index contributed by atoms with van der Waals surface area (Å²) < 4.78 is 11.3. The Hall–Kier alpha value is -3.09. The highest BCUT2D eigenvalue weighted by molar-refractivity contribution is 5.95. The smallest absolute Gasteiger partial charge is 0.283 e. The van der Waals surface area contributed by atoms with Gasteiger partial charge in [0, 0.05) is 12.4 Å². The van der Waals surface area contributed by atoms with Crippen LogP contribution in [0, 0.1) is 0 Å². The summed E-state index contributed by atoms with van der Waals surface area (Å²) in [5, 5.41) is 0. The van der Waals surface area contributed by atoms with E-state index in [1.807, 2.05) is 6.07 Å². The SMILES string of the molecule is C[C@H]1Oc2ccccc2O[C@@H]1C(=O)NNC(=O)c1cccnc1. The van der Waals surface area contributed by atoms with Gasteiger partial charge in [-0.2, -0.15) is 0 Å². The van der Waals surface area contributed by atoms with Crippen LogP contribution in [0.5, 0.6) is 11.5 Å². The zero-order chi connectivity index (χ0) is 16.2. The highest BCUT2D eigenvalue weighted by Crippen LogP contribution is 2.33. The molecule has 1 aromatic heterocycles. The molecule has 0 spiro atoms. The Morgan fingerprint density at radius 2 is 1.78 bits per heavy atom. The van der Waals surface area contributed by atoms with E-state index >= 15 is 0 Å². The quantitative estimate of drug-likeness (QED) is 0.810. The van der Waals surface area contributed by atoms with Gasteiger partial charge in [-0.3, -0.25) is 25.4 Å². The van der Waals surface area contributed by atoms with E-state index in [4.69, 9.17) is 9.47 Å². The van der Waals surface area contributed by atoms with Gasteiger partial charge in [0.25, 0.3) is 11.8 Å². The molecule has 0 saturated carbocycles. The molecule has 3 rings (SSSR count). The van der Waals surface area contributed by atoms with E-state index in [2.05, 4.69) is 15.8 Å². The molecule has 0 radical (unpaired) electrons. The number of carbonyl (C=O) groups is 2. The lowest BCUT2D eigenvalue weighted by molar-refractivity contribution is -0.134. The number of nitrogens with zero attached hydrogens (tertiary/aromatic N) is 1. The molecule has 1 aliphatic heterocycles. The minimum absolute atomic E-state index is 0.340. The van der Waals surface area contributed by atoms with Gasteiger partial charge in [-0.1, -0.05) is 12.1 Å². The van der Waals surface area contributed by atoms with Gasteiger partial charge in [0.1, 0.15) is 6.10 Å². The standard InChI is InChI=1S/C16H15N3O4/c1-10-14(23-13-7-3-2-6-12(13)22-10)16(21)19-18-15(20)11-5-4-8-17-9-11/h2-10,14H,1H3,(H,18,20)(H,19,21)/t10-,14+/m1/s1. The molecule has 1 aliphatic rings. The Bertz CT molecular complexity index is 720. The van der Waals surface area contributed by atoms with Gasteiger partial charge in [0.05, 0.1) is 5.56 Å². The molecule has 7 heteroatoms. The van der Waals surface area contributed by atoms with Gasteiger partial charge in [-0.25, -0.2) is 0 Å². The topological polar surface area (TPSA) is 89.5 Å². The van der Waals surface area contributed by atoms with E-state index < -0.39 is 24.0 Å². The van der Waals surface area contributed by atoms with Crippen molar-refractivity contribution in [2.45, 2.75) is 19.1 Å². The van der Waals surface area contributed by atoms with Crippen LogP contribution < -0.4 is 20.3 Å². The van der Waals surface area contributed by atoms with Crippen molar-refractivity contribution < 1.29 is 19.1 Å². The first-order valence-electron chi connectivity index (χ1n) is 7.08. The number of ether oxygens (including phenoxy) is 2. The summed E-state index contributed by atoms with van der Waals surface area (Å²) >= 11 is 0. The fourth-order valence-corrected chi connectivity index (χ4v) is 2.16. The molecule has 0 fully saturated rings. The zero-order valence-electron chi connectivity index (χ0n) is 12.4. The molecule has 0 aliphatic carbocycles. The fraction of sp³-hybridized carbons (Fsp3) is 0.188. The maximum Gasteiger partial charge on any atom is 0.283 e. The summed E-state index contributed by atoms with van der Waals surface area (Å²) in [5.41, 5.74) is 5.01. The van der Waals surface area contributed by atoms with Crippen LogP contribution in [0.1, 0.15) is 17.3 Å². The van der Waals surface area contributed by atoms with Gasteiger partial charge in [0.2, 0.25) is 6.10 Å². The number of carbonyl (C=O) groups excluding carboxylic acids is 2. The first-order valence-corrected chi connectivity index (χ1v) is 7.08. The van der Waals surface area contributed by atoms with E-state index in [0.29, 0.717) is 17.1 Å². The fourth-order valence-electron chi connectivity index (χ4n) is 2.16. The van der Waals surface area contributed by atoms with Crippen LogP contribution in [-0.2, 0) is 4.79 Å². The first-order chi connectivity index (χ1) is 11.1. The van der Waals surface area contributed by atoms with Crippen LogP contribution >= 0.6 is 0 Å². The normalized spacial score (nSPS) is 18.8. The number of benzene rings is 1. The third kappa shape index (κ3) is 3.23. The Morgan fingerprint density at radius 1 is 1.04 bits per heavy atom. The van der Waals surface area contributed by atoms with E-state index in [1.54, 1.807) is 43.5 Å². The molecule has 2 amide bonds. The summed E-state index contributed by atoms with van der Waals surface area (Å²) in [5.74, 6) is 0.119. The molecule has 2 aromatic rings. The van der Waals surface area contributed by atoms with E-state index in [1.165, 1.54) is 6.20 Å². The van der Waals surface area contributed by atoms with Crippen LogP contribution in [0.4, 0.5) is 0 Å². The molecule has 0 saturated heterocycles. The summed E-state index contributed by atoms with van der Waals surface area (Å²) in [4.78, 5) is 27.9. The Balaban J connectivity index is 1.62. The van der Waals surface area contributed by atoms with Gasteiger partial charge in [-0.05, 0) is 31.2 Å². The second kappa shape index (κ2) is 6.35. The third-order valence-electron chi connectivity index (χ3n) is 3.32. The van der Waals surface area contributed by atoms with Crippen LogP contribution in [0.3, 0.4) is 0 Å². The average Bonchev–Trinajstić information content (AvgIpc) is 2.59. The molecule has 118 valence electrons. The van der Waals surface area contributed by atoms with Gasteiger partial charge in [-0.15, -0.1) is 0 Å². The maximum atomic E-state index is 12.2. The molecule has 1 aromatic carbocycles. The Morgan fingerprint density at radius 3 is 2.48 bits per heavy atom. The van der Waals surface area contributed by atoms with Gasteiger partial charge in [0.15, 0.2) is 11.5 Å². The zero-order valence-corrected chi connectivity index (χ0v) is 12.4. The lowest BCUT2D eigenvalue weighted by atomic mass is 10.1. The number of fused-ring (bicyclic) bond motifs is 1. The molecular weight excluding hydrogens is 298 g/mol. The Kier molecular flexibility index (Phi) is 4.09. The number of rotatable bonds is 2. The molecule has 2 N–H and O–H groups in total. The van der Waals surface area contributed by atoms with E-state index in [-0.39, 0.29) is 0 Å². The van der Waals surface area contributed by atoms with E-state index in [9.17, 15) is 9.59 Å². The number of hydrogen-bond acceptors (Lipinski definition) is 5. The van der Waals surface area contributed by atoms with Gasteiger partial charge < -0.3 is 9.47 Å². The van der Waals surface area contributed by atoms with Crippen molar-refractivity contribution >= 4 is 11.8 Å². The van der Waals surface area contributed by atoms with Crippen LogP contribution in [0.15, 0.2) is 48.8 Å². The lowest BCUT2D eigenvalue weighted by Crippen LogP contribution is -2.53. The number of aromatic nitrogens is 1. The third-order valence-corrected chi connectivity index (χ3v) is 3.32. The predicted molar refractivity (Wildman–Crippen MR) is 80.8 cm³/mol. The molecule has 0 bridgehead atoms. The number of nitrogens with one attached hydrogen (secondary N) is 2. The van der Waals surface area contributed by atoms with Crippen molar-refractivity contribution in [2.24, 2.45) is 0 Å². The molecule has 2 heterocycles. The molecule has 2 atom stereocenters. The molecular formula is C16H15N3O4. The monoisotopic (exact) mass is 313 g/mol. The number of pyridine rings is 1. The van der Waals surface area contributed by atoms with Crippen molar-refractivity contribution in [3.63, 3.8) is 0 Å². The maximum absolute atomic E-state index is 12.2. The van der Waals surface area contributed by atoms with Crippen molar-refractivity contribution in [1.82, 2.24) is 15.8 Å². The minimum Gasteiger partial charge on any atom is -0.482 e. The summed E-state index contributed by atoms with van der Waals surface area (Å²) in [6, 6.07) is 10.3. The van der Waals surface area contributed by atoms with Crippen molar-refractivity contribution in [3.8, 4) is 11.5 Å². The summed E-state index contributed by atoms with van der Waals surface area (Å²) in [6.07, 6.45) is 1.61. The van der Waals surface area contributed by atoms with Crippen LogP contribution in [-0.4, -0.2) is 29.0 Å². The second-order valence-electron chi connectivity index (χ2n) is 4.99. The molecule has 7 nitrogen and oxygen atoms in total. The Labute approximate surface area is 132 Å². The number of para-hydroxylation sites is 2. The minimum atomic E-state index is -0.862. The average molecular weight is 313 g/mol. The van der Waals surface area contributed by atoms with Crippen LogP contribution in [0.25, 0.3) is 0 Å². The second-order valence-corrected chi connectivity index (χ2v) is 4.99. The highest BCUT2D eigenvalue weighted by atomic mass is 16.6. The lowest BCUT2D eigenvalue weighted by Gasteiger charge is -2.30. The predicted octanol–water partition coefficient (Wildman–Crippen LogP) is 1.07. The largest absolute Gasteiger partial charge is 0.482 e. The first kappa shape index (κ1) is 14.8. The van der Waals surface area contributed by atoms with Gasteiger partial charge >= 0.3 is 0 Å².